The lowest BCUT2D eigenvalue weighted by molar-refractivity contribution is -0.117. The van der Waals surface area contributed by atoms with Crippen LogP contribution >= 0.6 is 0 Å². The number of carbonyl (C=O) groups is 2. The zero-order valence-electron chi connectivity index (χ0n) is 15.0. The summed E-state index contributed by atoms with van der Waals surface area (Å²) >= 11 is 0. The van der Waals surface area contributed by atoms with Crippen LogP contribution in [0.25, 0.3) is 0 Å². The molecular weight excluding hydrogens is 344 g/mol. The van der Waals surface area contributed by atoms with Crippen molar-refractivity contribution in [2.24, 2.45) is 0 Å². The minimum Gasteiger partial charge on any atom is -0.352 e. The summed E-state index contributed by atoms with van der Waals surface area (Å²) in [5, 5.41) is 2.76. The molecule has 0 spiro atoms. The fourth-order valence-corrected chi connectivity index (χ4v) is 3.55. The van der Waals surface area contributed by atoms with Crippen LogP contribution in [0.5, 0.6) is 0 Å². The minimum atomic E-state index is -0.199. The highest BCUT2D eigenvalue weighted by molar-refractivity contribution is 5.98. The highest BCUT2D eigenvalue weighted by atomic mass is 16.2. The molecule has 3 heterocycles. The molecule has 3 amide bonds. The van der Waals surface area contributed by atoms with E-state index in [0.29, 0.717) is 32.7 Å². The zero-order chi connectivity index (χ0) is 18.6. The van der Waals surface area contributed by atoms with Crippen LogP contribution in [0, 0.1) is 0 Å². The fraction of sp³-hybridized carbons (Fsp3) is 0.368. The van der Waals surface area contributed by atoms with E-state index >= 15 is 0 Å². The van der Waals surface area contributed by atoms with Gasteiger partial charge in [-0.25, -0.2) is 9.78 Å². The maximum Gasteiger partial charge on any atom is 0.317 e. The number of hydrogen-bond donors (Lipinski definition) is 1. The standard InChI is InChI=1S/C19H22N6O2/c26-18(25-8-5-15-3-1-2-4-16(15)25)14-22-19(27)24-11-9-23(10-12-24)17-13-20-6-7-21-17/h1-4,6-7,13H,5,8-12,14H2,(H,22,27). The monoisotopic (exact) mass is 366 g/mol. The third-order valence-electron chi connectivity index (χ3n) is 5.02. The molecular formula is C19H22N6O2. The molecule has 0 bridgehead atoms. The van der Waals surface area contributed by atoms with Gasteiger partial charge in [0, 0.05) is 50.8 Å². The van der Waals surface area contributed by atoms with Crippen molar-refractivity contribution in [2.45, 2.75) is 6.42 Å². The third kappa shape index (κ3) is 3.69. The van der Waals surface area contributed by atoms with Gasteiger partial charge in [-0.2, -0.15) is 0 Å². The number of carbonyl (C=O) groups excluding carboxylic acids is 2. The number of aromatic nitrogens is 2. The van der Waals surface area contributed by atoms with Crippen molar-refractivity contribution < 1.29 is 9.59 Å². The summed E-state index contributed by atoms with van der Waals surface area (Å²) < 4.78 is 0. The summed E-state index contributed by atoms with van der Waals surface area (Å²) in [7, 11) is 0. The van der Waals surface area contributed by atoms with Crippen molar-refractivity contribution in [1.29, 1.82) is 0 Å². The minimum absolute atomic E-state index is 0.0115. The molecule has 1 fully saturated rings. The van der Waals surface area contributed by atoms with E-state index in [9.17, 15) is 9.59 Å². The number of rotatable bonds is 3. The van der Waals surface area contributed by atoms with Crippen LogP contribution in [-0.2, 0) is 11.2 Å². The molecule has 0 saturated carbocycles. The Kier molecular flexibility index (Phi) is 4.86. The molecule has 2 aromatic rings. The SMILES string of the molecule is O=C(NCC(=O)N1CCc2ccccc21)N1CCN(c2cnccn2)CC1. The molecule has 4 rings (SSSR count). The Hall–Kier alpha value is -3.16. The van der Waals surface area contributed by atoms with Crippen LogP contribution in [0.15, 0.2) is 42.9 Å². The second kappa shape index (κ2) is 7.61. The number of nitrogens with one attached hydrogen (secondary N) is 1. The van der Waals surface area contributed by atoms with Gasteiger partial charge in [0.2, 0.25) is 5.91 Å². The summed E-state index contributed by atoms with van der Waals surface area (Å²) in [5.41, 5.74) is 2.13. The normalized spacial score (nSPS) is 16.2. The second-order valence-corrected chi connectivity index (χ2v) is 6.62. The summed E-state index contributed by atoms with van der Waals surface area (Å²) in [5.74, 6) is 0.743. The van der Waals surface area contributed by atoms with E-state index < -0.39 is 0 Å². The molecule has 1 aromatic heterocycles. The average molecular weight is 366 g/mol. The molecule has 140 valence electrons. The van der Waals surface area contributed by atoms with Gasteiger partial charge in [-0.15, -0.1) is 0 Å². The van der Waals surface area contributed by atoms with Crippen molar-refractivity contribution >= 4 is 23.4 Å². The molecule has 0 aliphatic carbocycles. The molecule has 8 heteroatoms. The molecule has 0 radical (unpaired) electrons. The number of benzene rings is 1. The van der Waals surface area contributed by atoms with Crippen LogP contribution in [0.4, 0.5) is 16.3 Å². The van der Waals surface area contributed by atoms with Crippen molar-refractivity contribution in [1.82, 2.24) is 20.2 Å². The lowest BCUT2D eigenvalue weighted by atomic mass is 10.2. The first kappa shape index (κ1) is 17.3. The summed E-state index contributed by atoms with van der Waals surface area (Å²) in [6, 6.07) is 7.70. The van der Waals surface area contributed by atoms with Gasteiger partial charge < -0.3 is 20.0 Å². The van der Waals surface area contributed by atoms with Gasteiger partial charge in [-0.3, -0.25) is 9.78 Å². The molecule has 1 saturated heterocycles. The van der Waals surface area contributed by atoms with E-state index in [1.165, 1.54) is 5.56 Å². The largest absolute Gasteiger partial charge is 0.352 e. The number of urea groups is 1. The Labute approximate surface area is 157 Å². The fourth-order valence-electron chi connectivity index (χ4n) is 3.55. The summed E-state index contributed by atoms with van der Waals surface area (Å²) in [4.78, 5) is 38.9. The number of hydrogen-bond acceptors (Lipinski definition) is 5. The molecule has 2 aliphatic heterocycles. The predicted octanol–water partition coefficient (Wildman–Crippen LogP) is 0.897. The number of anilines is 2. The third-order valence-corrected chi connectivity index (χ3v) is 5.02. The predicted molar refractivity (Wildman–Crippen MR) is 102 cm³/mol. The Morgan fingerprint density at radius 3 is 2.63 bits per heavy atom. The van der Waals surface area contributed by atoms with Gasteiger partial charge in [-0.05, 0) is 18.1 Å². The van der Waals surface area contributed by atoms with Gasteiger partial charge in [0.25, 0.3) is 0 Å². The zero-order valence-corrected chi connectivity index (χ0v) is 15.0. The number of piperazine rings is 1. The van der Waals surface area contributed by atoms with Crippen molar-refractivity contribution in [3.8, 4) is 0 Å². The highest BCUT2D eigenvalue weighted by Gasteiger charge is 2.26. The van der Waals surface area contributed by atoms with Crippen LogP contribution in [0.2, 0.25) is 0 Å². The lowest BCUT2D eigenvalue weighted by Crippen LogP contribution is -2.53. The maximum atomic E-state index is 12.5. The summed E-state index contributed by atoms with van der Waals surface area (Å²) in [6.45, 7) is 3.24. The van der Waals surface area contributed by atoms with Crippen molar-refractivity contribution in [2.75, 3.05) is 49.1 Å². The molecule has 0 unspecified atom stereocenters. The molecule has 0 atom stereocenters. The Balaban J connectivity index is 1.26. The number of fused-ring (bicyclic) bond motifs is 1. The van der Waals surface area contributed by atoms with Gasteiger partial charge in [-0.1, -0.05) is 18.2 Å². The Morgan fingerprint density at radius 1 is 1.04 bits per heavy atom. The highest BCUT2D eigenvalue weighted by Crippen LogP contribution is 2.27. The van der Waals surface area contributed by atoms with Crippen molar-refractivity contribution in [3.05, 3.63) is 48.4 Å². The van der Waals surface area contributed by atoms with E-state index in [-0.39, 0.29) is 18.5 Å². The van der Waals surface area contributed by atoms with E-state index in [4.69, 9.17) is 0 Å². The number of para-hydroxylation sites is 1. The lowest BCUT2D eigenvalue weighted by Gasteiger charge is -2.35. The van der Waals surface area contributed by atoms with Crippen LogP contribution in [0.1, 0.15) is 5.56 Å². The van der Waals surface area contributed by atoms with Crippen LogP contribution < -0.4 is 15.1 Å². The van der Waals surface area contributed by atoms with Crippen LogP contribution in [-0.4, -0.2) is 66.1 Å². The molecule has 1 aromatic carbocycles. The van der Waals surface area contributed by atoms with E-state index in [1.807, 2.05) is 24.3 Å². The van der Waals surface area contributed by atoms with E-state index in [0.717, 1.165) is 17.9 Å². The molecule has 27 heavy (non-hydrogen) atoms. The smallest absolute Gasteiger partial charge is 0.317 e. The van der Waals surface area contributed by atoms with E-state index in [1.54, 1.807) is 28.4 Å². The maximum absolute atomic E-state index is 12.5. The van der Waals surface area contributed by atoms with E-state index in [2.05, 4.69) is 20.2 Å². The summed E-state index contributed by atoms with van der Waals surface area (Å²) in [6.07, 6.45) is 5.89. The first-order valence-electron chi connectivity index (χ1n) is 9.14. The van der Waals surface area contributed by atoms with Gasteiger partial charge in [0.15, 0.2) is 0 Å². The van der Waals surface area contributed by atoms with Gasteiger partial charge in [0.05, 0.1) is 12.7 Å². The first-order chi connectivity index (χ1) is 13.2. The quantitative estimate of drug-likeness (QED) is 0.873. The Morgan fingerprint density at radius 2 is 1.85 bits per heavy atom. The van der Waals surface area contributed by atoms with Crippen molar-refractivity contribution in [3.63, 3.8) is 0 Å². The average Bonchev–Trinajstić information content (AvgIpc) is 3.17. The number of nitrogens with zero attached hydrogens (tertiary/aromatic N) is 5. The van der Waals surface area contributed by atoms with Gasteiger partial charge in [0.1, 0.15) is 5.82 Å². The molecule has 1 N–H and O–H groups in total. The topological polar surface area (TPSA) is 81.7 Å². The number of amides is 3. The second-order valence-electron chi connectivity index (χ2n) is 6.62. The van der Waals surface area contributed by atoms with Gasteiger partial charge >= 0.3 is 6.03 Å². The van der Waals surface area contributed by atoms with Crippen LogP contribution in [0.3, 0.4) is 0 Å². The molecule has 2 aliphatic rings. The molecule has 8 nitrogen and oxygen atoms in total. The first-order valence-corrected chi connectivity index (χ1v) is 9.14. The Bertz CT molecular complexity index is 820.